The first-order chi connectivity index (χ1) is 12.0. The standard InChI is InChI=1S/C18H21FN2O4/c19-15-10-13(20)6-7-14(15)17(23)16(22)8-9-21-18(24)25-11-12-4-2-1-3-5-12/h1-7,10,16-17,22-23H,8-9,11,20H2,(H,21,24). The molecule has 2 aromatic rings. The number of nitrogens with one attached hydrogen (secondary N) is 1. The zero-order valence-corrected chi connectivity index (χ0v) is 13.6. The normalized spacial score (nSPS) is 13.1. The van der Waals surface area contributed by atoms with Crippen molar-refractivity contribution in [2.45, 2.75) is 25.2 Å². The zero-order valence-electron chi connectivity index (χ0n) is 13.6. The lowest BCUT2D eigenvalue weighted by Gasteiger charge is -2.19. The van der Waals surface area contributed by atoms with Crippen LogP contribution < -0.4 is 11.1 Å². The number of ether oxygens (including phenoxy) is 1. The molecule has 7 heteroatoms. The molecule has 0 saturated heterocycles. The lowest BCUT2D eigenvalue weighted by atomic mass is 10.0. The van der Waals surface area contributed by atoms with Gasteiger partial charge in [0.2, 0.25) is 0 Å². The molecule has 0 radical (unpaired) electrons. The second-order valence-electron chi connectivity index (χ2n) is 5.57. The molecule has 0 saturated carbocycles. The fourth-order valence-electron chi connectivity index (χ4n) is 2.24. The molecule has 5 N–H and O–H groups in total. The highest BCUT2D eigenvalue weighted by molar-refractivity contribution is 5.67. The van der Waals surface area contributed by atoms with E-state index in [0.29, 0.717) is 0 Å². The number of benzene rings is 2. The molecule has 2 unspecified atom stereocenters. The second kappa shape index (κ2) is 9.00. The number of carbonyl (C=O) groups excluding carboxylic acids is 1. The number of halogens is 1. The zero-order chi connectivity index (χ0) is 18.2. The fourth-order valence-corrected chi connectivity index (χ4v) is 2.24. The molecule has 1 amide bonds. The molecule has 2 rings (SSSR count). The van der Waals surface area contributed by atoms with Crippen molar-refractivity contribution < 1.29 is 24.1 Å². The maximum absolute atomic E-state index is 13.7. The Morgan fingerprint density at radius 3 is 2.60 bits per heavy atom. The number of nitrogen functional groups attached to an aromatic ring is 1. The Balaban J connectivity index is 1.74. The van der Waals surface area contributed by atoms with Gasteiger partial charge in [-0.05, 0) is 24.1 Å². The Bertz CT molecular complexity index is 697. The smallest absolute Gasteiger partial charge is 0.407 e. The van der Waals surface area contributed by atoms with Crippen LogP contribution in [0.15, 0.2) is 48.5 Å². The summed E-state index contributed by atoms with van der Waals surface area (Å²) in [6, 6.07) is 13.0. The number of hydrogen-bond acceptors (Lipinski definition) is 5. The third-order valence-corrected chi connectivity index (χ3v) is 3.63. The number of aliphatic hydroxyl groups is 2. The predicted octanol–water partition coefficient (Wildman–Crippen LogP) is 2.12. The van der Waals surface area contributed by atoms with Gasteiger partial charge in [-0.3, -0.25) is 0 Å². The van der Waals surface area contributed by atoms with E-state index in [0.717, 1.165) is 11.6 Å². The van der Waals surface area contributed by atoms with Gasteiger partial charge < -0.3 is 26.0 Å². The summed E-state index contributed by atoms with van der Waals surface area (Å²) in [5, 5.41) is 22.4. The van der Waals surface area contributed by atoms with Gasteiger partial charge in [0.1, 0.15) is 18.5 Å². The van der Waals surface area contributed by atoms with Gasteiger partial charge in [0.15, 0.2) is 0 Å². The van der Waals surface area contributed by atoms with Crippen molar-refractivity contribution in [1.82, 2.24) is 5.32 Å². The van der Waals surface area contributed by atoms with Crippen molar-refractivity contribution >= 4 is 11.8 Å². The average Bonchev–Trinajstić information content (AvgIpc) is 2.60. The summed E-state index contributed by atoms with van der Waals surface area (Å²) in [5.74, 6) is -0.693. The number of carbonyl (C=O) groups is 1. The Morgan fingerprint density at radius 2 is 1.92 bits per heavy atom. The van der Waals surface area contributed by atoms with Crippen LogP contribution in [0.2, 0.25) is 0 Å². The molecule has 0 aliphatic heterocycles. The van der Waals surface area contributed by atoms with Gasteiger partial charge in [0.05, 0.1) is 6.10 Å². The number of alkyl carbamates (subject to hydrolysis) is 1. The van der Waals surface area contributed by atoms with Gasteiger partial charge >= 0.3 is 6.09 Å². The molecule has 2 aromatic carbocycles. The fraction of sp³-hybridized carbons (Fsp3) is 0.278. The van der Waals surface area contributed by atoms with Crippen LogP contribution in [0.3, 0.4) is 0 Å². The first-order valence-corrected chi connectivity index (χ1v) is 7.83. The Hall–Kier alpha value is -2.64. The van der Waals surface area contributed by atoms with Crippen LogP contribution in [0.5, 0.6) is 0 Å². The van der Waals surface area contributed by atoms with Crippen LogP contribution in [-0.4, -0.2) is 29.0 Å². The number of anilines is 1. The maximum Gasteiger partial charge on any atom is 0.407 e. The third-order valence-electron chi connectivity index (χ3n) is 3.63. The van der Waals surface area contributed by atoms with E-state index in [1.54, 1.807) is 0 Å². The Morgan fingerprint density at radius 1 is 1.20 bits per heavy atom. The lowest BCUT2D eigenvalue weighted by molar-refractivity contribution is 0.0116. The Labute approximate surface area is 145 Å². The van der Waals surface area contributed by atoms with Crippen LogP contribution in [-0.2, 0) is 11.3 Å². The van der Waals surface area contributed by atoms with Crippen LogP contribution in [0, 0.1) is 5.82 Å². The molecule has 2 atom stereocenters. The van der Waals surface area contributed by atoms with E-state index in [-0.39, 0.29) is 30.8 Å². The summed E-state index contributed by atoms with van der Waals surface area (Å²) in [6.07, 6.45) is -3.26. The van der Waals surface area contributed by atoms with Crippen molar-refractivity contribution in [3.63, 3.8) is 0 Å². The van der Waals surface area contributed by atoms with E-state index >= 15 is 0 Å². The van der Waals surface area contributed by atoms with Crippen LogP contribution in [0.4, 0.5) is 14.9 Å². The van der Waals surface area contributed by atoms with E-state index in [4.69, 9.17) is 10.5 Å². The van der Waals surface area contributed by atoms with Crippen LogP contribution >= 0.6 is 0 Å². The number of hydrogen-bond donors (Lipinski definition) is 4. The molecule has 134 valence electrons. The van der Waals surface area contributed by atoms with Crippen molar-refractivity contribution in [3.8, 4) is 0 Å². The molecular weight excluding hydrogens is 327 g/mol. The van der Waals surface area contributed by atoms with Gasteiger partial charge in [0, 0.05) is 17.8 Å². The number of aliphatic hydroxyl groups excluding tert-OH is 2. The highest BCUT2D eigenvalue weighted by Gasteiger charge is 2.21. The number of nitrogens with two attached hydrogens (primary N) is 1. The molecule has 25 heavy (non-hydrogen) atoms. The predicted molar refractivity (Wildman–Crippen MR) is 91.0 cm³/mol. The molecule has 0 bridgehead atoms. The molecule has 0 aromatic heterocycles. The van der Waals surface area contributed by atoms with Gasteiger partial charge in [0.25, 0.3) is 0 Å². The summed E-state index contributed by atoms with van der Waals surface area (Å²) in [6.45, 7) is 0.205. The molecular formula is C18H21FN2O4. The van der Waals surface area contributed by atoms with Gasteiger partial charge in [-0.1, -0.05) is 36.4 Å². The molecule has 0 spiro atoms. The number of amides is 1. The molecule has 6 nitrogen and oxygen atoms in total. The minimum Gasteiger partial charge on any atom is -0.445 e. The summed E-state index contributed by atoms with van der Waals surface area (Å²) >= 11 is 0. The van der Waals surface area contributed by atoms with E-state index in [1.807, 2.05) is 30.3 Å². The van der Waals surface area contributed by atoms with E-state index in [2.05, 4.69) is 5.32 Å². The van der Waals surface area contributed by atoms with Gasteiger partial charge in [-0.2, -0.15) is 0 Å². The van der Waals surface area contributed by atoms with Crippen LogP contribution in [0.1, 0.15) is 23.7 Å². The summed E-state index contributed by atoms with van der Waals surface area (Å²) < 4.78 is 18.8. The topological polar surface area (TPSA) is 105 Å². The number of rotatable bonds is 7. The van der Waals surface area contributed by atoms with Gasteiger partial charge in [-0.25, -0.2) is 9.18 Å². The van der Waals surface area contributed by atoms with E-state index < -0.39 is 24.1 Å². The highest BCUT2D eigenvalue weighted by Crippen LogP contribution is 2.23. The summed E-state index contributed by atoms with van der Waals surface area (Å²) in [4.78, 5) is 11.6. The molecule has 0 aliphatic carbocycles. The maximum atomic E-state index is 13.7. The quantitative estimate of drug-likeness (QED) is 0.574. The van der Waals surface area contributed by atoms with Crippen molar-refractivity contribution in [2.24, 2.45) is 0 Å². The molecule has 0 fully saturated rings. The SMILES string of the molecule is Nc1ccc(C(O)C(O)CCNC(=O)OCc2ccccc2)c(F)c1. The lowest BCUT2D eigenvalue weighted by Crippen LogP contribution is -2.30. The van der Waals surface area contributed by atoms with Crippen molar-refractivity contribution in [2.75, 3.05) is 12.3 Å². The summed E-state index contributed by atoms with van der Waals surface area (Å²) in [5.41, 5.74) is 6.48. The minimum absolute atomic E-state index is 0.0332. The molecule has 0 heterocycles. The highest BCUT2D eigenvalue weighted by atomic mass is 19.1. The minimum atomic E-state index is -1.41. The monoisotopic (exact) mass is 348 g/mol. The van der Waals surface area contributed by atoms with E-state index in [9.17, 15) is 19.4 Å². The second-order valence-corrected chi connectivity index (χ2v) is 5.57. The first-order valence-electron chi connectivity index (χ1n) is 7.83. The largest absolute Gasteiger partial charge is 0.445 e. The summed E-state index contributed by atoms with van der Waals surface area (Å²) in [7, 11) is 0. The van der Waals surface area contributed by atoms with Gasteiger partial charge in [-0.15, -0.1) is 0 Å². The third kappa shape index (κ3) is 5.74. The van der Waals surface area contributed by atoms with E-state index in [1.165, 1.54) is 12.1 Å². The molecule has 0 aliphatic rings. The average molecular weight is 348 g/mol. The van der Waals surface area contributed by atoms with Crippen LogP contribution in [0.25, 0.3) is 0 Å². The van der Waals surface area contributed by atoms with Crippen molar-refractivity contribution in [3.05, 3.63) is 65.5 Å². The Kier molecular flexibility index (Phi) is 6.73. The first kappa shape index (κ1) is 18.7. The van der Waals surface area contributed by atoms with Crippen molar-refractivity contribution in [1.29, 1.82) is 0 Å².